The van der Waals surface area contributed by atoms with Crippen LogP contribution in [0.2, 0.25) is 0 Å². The second-order valence-corrected chi connectivity index (χ2v) is 8.12. The Kier molecular flexibility index (Phi) is 3.87. The lowest BCUT2D eigenvalue weighted by Gasteiger charge is -2.44. The van der Waals surface area contributed by atoms with E-state index in [0.29, 0.717) is 30.3 Å². The molecular formula is C21H28O3. The molecule has 4 rings (SSSR count). The predicted octanol–water partition coefficient (Wildman–Crippen LogP) is 5.12. The third kappa shape index (κ3) is 2.63. The van der Waals surface area contributed by atoms with E-state index in [-0.39, 0.29) is 5.92 Å². The molecule has 0 saturated heterocycles. The van der Waals surface area contributed by atoms with Crippen LogP contribution in [-0.4, -0.2) is 16.0 Å². The molecule has 2 aliphatic carbocycles. The standard InChI is InChI=1S/C21H28O3/c1-13(2)16-8-9-21(23)12-17(16)20-18(22)10-15(11-19(20)24-21)14-6-4-3-5-7-14/h10-11,14,17,22-23H,3-9,12H2,1-2H3. The van der Waals surface area contributed by atoms with E-state index in [4.69, 9.17) is 4.74 Å². The Balaban J connectivity index is 1.79. The summed E-state index contributed by atoms with van der Waals surface area (Å²) in [4.78, 5) is 0. The molecule has 0 spiro atoms. The van der Waals surface area contributed by atoms with Gasteiger partial charge < -0.3 is 14.9 Å². The zero-order chi connectivity index (χ0) is 16.9. The lowest BCUT2D eigenvalue weighted by molar-refractivity contribution is -0.165. The van der Waals surface area contributed by atoms with Crippen LogP contribution in [-0.2, 0) is 0 Å². The van der Waals surface area contributed by atoms with E-state index < -0.39 is 5.79 Å². The molecule has 3 heteroatoms. The molecule has 2 unspecified atom stereocenters. The summed E-state index contributed by atoms with van der Waals surface area (Å²) in [7, 11) is 0. The van der Waals surface area contributed by atoms with Gasteiger partial charge in [0.2, 0.25) is 5.79 Å². The van der Waals surface area contributed by atoms with E-state index in [1.807, 2.05) is 6.07 Å². The van der Waals surface area contributed by atoms with Crippen LogP contribution in [0.3, 0.4) is 0 Å². The first-order chi connectivity index (χ1) is 11.5. The highest BCUT2D eigenvalue weighted by Crippen LogP contribution is 2.54. The monoisotopic (exact) mass is 328 g/mol. The number of phenolic OH excluding ortho intramolecular Hbond substituents is 1. The van der Waals surface area contributed by atoms with Crippen molar-refractivity contribution in [2.75, 3.05) is 0 Å². The third-order valence-corrected chi connectivity index (χ3v) is 6.24. The average molecular weight is 328 g/mol. The molecule has 1 aliphatic heterocycles. The molecule has 24 heavy (non-hydrogen) atoms. The van der Waals surface area contributed by atoms with E-state index in [1.165, 1.54) is 48.8 Å². The third-order valence-electron chi connectivity index (χ3n) is 6.24. The van der Waals surface area contributed by atoms with Gasteiger partial charge in [0, 0.05) is 24.3 Å². The van der Waals surface area contributed by atoms with Crippen LogP contribution in [0.15, 0.2) is 23.3 Å². The normalized spacial score (nSPS) is 29.8. The molecule has 3 nitrogen and oxygen atoms in total. The van der Waals surface area contributed by atoms with Crippen LogP contribution in [0.5, 0.6) is 11.5 Å². The fourth-order valence-corrected chi connectivity index (χ4v) is 4.96. The molecule has 3 aliphatic rings. The van der Waals surface area contributed by atoms with Crippen molar-refractivity contribution in [2.45, 2.75) is 82.8 Å². The van der Waals surface area contributed by atoms with Gasteiger partial charge in [-0.15, -0.1) is 0 Å². The molecule has 2 saturated carbocycles. The summed E-state index contributed by atoms with van der Waals surface area (Å²) < 4.78 is 6.00. The van der Waals surface area contributed by atoms with Crippen molar-refractivity contribution in [1.29, 1.82) is 0 Å². The van der Waals surface area contributed by atoms with E-state index in [0.717, 1.165) is 12.0 Å². The molecule has 130 valence electrons. The largest absolute Gasteiger partial charge is 0.507 e. The Labute approximate surface area is 144 Å². The van der Waals surface area contributed by atoms with Crippen LogP contribution in [0, 0.1) is 0 Å². The number of benzene rings is 1. The van der Waals surface area contributed by atoms with Gasteiger partial charge >= 0.3 is 0 Å². The summed E-state index contributed by atoms with van der Waals surface area (Å²) >= 11 is 0. The molecule has 2 atom stereocenters. The van der Waals surface area contributed by atoms with Crippen LogP contribution in [0.4, 0.5) is 0 Å². The number of aliphatic hydroxyl groups is 1. The minimum Gasteiger partial charge on any atom is -0.507 e. The Morgan fingerprint density at radius 1 is 1.17 bits per heavy atom. The average Bonchev–Trinajstić information content (AvgIpc) is 2.54. The van der Waals surface area contributed by atoms with Gasteiger partial charge in [-0.3, -0.25) is 0 Å². The Bertz CT molecular complexity index is 681. The van der Waals surface area contributed by atoms with Gasteiger partial charge in [-0.25, -0.2) is 0 Å². The minimum absolute atomic E-state index is 0.0814. The fraction of sp³-hybridized carbons (Fsp3) is 0.619. The zero-order valence-corrected chi connectivity index (χ0v) is 14.8. The van der Waals surface area contributed by atoms with Crippen molar-refractivity contribution in [3.05, 3.63) is 34.4 Å². The number of ether oxygens (including phenoxy) is 1. The topological polar surface area (TPSA) is 49.7 Å². The molecular weight excluding hydrogens is 300 g/mol. The SMILES string of the molecule is CC(C)=C1CCC2(O)CC1c1c(O)cc(C3CCCCC3)cc1O2. The predicted molar refractivity (Wildman–Crippen MR) is 94.5 cm³/mol. The smallest absolute Gasteiger partial charge is 0.209 e. The first-order valence-electron chi connectivity index (χ1n) is 9.41. The van der Waals surface area contributed by atoms with Crippen molar-refractivity contribution in [1.82, 2.24) is 0 Å². The minimum atomic E-state index is -1.08. The second-order valence-electron chi connectivity index (χ2n) is 8.12. The Morgan fingerprint density at radius 2 is 1.92 bits per heavy atom. The first-order valence-corrected chi connectivity index (χ1v) is 9.41. The van der Waals surface area contributed by atoms with Crippen molar-refractivity contribution >= 4 is 0 Å². The fourth-order valence-electron chi connectivity index (χ4n) is 4.96. The molecule has 0 radical (unpaired) electrons. The highest BCUT2D eigenvalue weighted by molar-refractivity contribution is 5.55. The summed E-state index contributed by atoms with van der Waals surface area (Å²) in [6, 6.07) is 4.05. The van der Waals surface area contributed by atoms with E-state index in [2.05, 4.69) is 19.9 Å². The highest BCUT2D eigenvalue weighted by Gasteiger charge is 2.46. The van der Waals surface area contributed by atoms with Crippen LogP contribution in [0.25, 0.3) is 0 Å². The molecule has 2 fully saturated rings. The maximum absolute atomic E-state index is 10.8. The number of allylic oxidation sites excluding steroid dienone is 2. The van der Waals surface area contributed by atoms with Gasteiger partial charge in [0.25, 0.3) is 0 Å². The van der Waals surface area contributed by atoms with Gasteiger partial charge in [-0.2, -0.15) is 0 Å². The number of hydrogen-bond donors (Lipinski definition) is 2. The summed E-state index contributed by atoms with van der Waals surface area (Å²) in [6.45, 7) is 4.25. The summed E-state index contributed by atoms with van der Waals surface area (Å²) in [5.74, 6) is 0.568. The van der Waals surface area contributed by atoms with E-state index in [1.54, 1.807) is 0 Å². The maximum atomic E-state index is 10.8. The van der Waals surface area contributed by atoms with Crippen LogP contribution in [0.1, 0.15) is 88.2 Å². The van der Waals surface area contributed by atoms with Gasteiger partial charge in [-0.05, 0) is 56.7 Å². The van der Waals surface area contributed by atoms with Gasteiger partial charge in [0.05, 0.1) is 0 Å². The number of aromatic hydroxyl groups is 1. The highest BCUT2D eigenvalue weighted by atomic mass is 16.6. The van der Waals surface area contributed by atoms with Crippen LogP contribution < -0.4 is 4.74 Å². The lowest BCUT2D eigenvalue weighted by atomic mass is 9.72. The van der Waals surface area contributed by atoms with Crippen molar-refractivity contribution in [3.63, 3.8) is 0 Å². The maximum Gasteiger partial charge on any atom is 0.209 e. The Hall–Kier alpha value is -1.48. The van der Waals surface area contributed by atoms with Gasteiger partial charge in [0.1, 0.15) is 11.5 Å². The number of rotatable bonds is 1. The van der Waals surface area contributed by atoms with E-state index >= 15 is 0 Å². The zero-order valence-electron chi connectivity index (χ0n) is 14.8. The molecule has 1 aromatic rings. The number of phenols is 1. The van der Waals surface area contributed by atoms with Crippen molar-refractivity contribution < 1.29 is 14.9 Å². The van der Waals surface area contributed by atoms with Gasteiger partial charge in [-0.1, -0.05) is 30.4 Å². The molecule has 2 bridgehead atoms. The molecule has 0 amide bonds. The summed E-state index contributed by atoms with van der Waals surface area (Å²) in [5, 5.41) is 21.6. The van der Waals surface area contributed by atoms with E-state index in [9.17, 15) is 10.2 Å². The molecule has 1 aromatic carbocycles. The van der Waals surface area contributed by atoms with Crippen molar-refractivity contribution in [3.8, 4) is 11.5 Å². The lowest BCUT2D eigenvalue weighted by Crippen LogP contribution is -2.44. The van der Waals surface area contributed by atoms with Gasteiger partial charge in [0.15, 0.2) is 0 Å². The number of hydrogen-bond acceptors (Lipinski definition) is 3. The quantitative estimate of drug-likeness (QED) is 0.703. The Morgan fingerprint density at radius 3 is 2.62 bits per heavy atom. The molecule has 1 heterocycles. The first kappa shape index (κ1) is 16.0. The number of fused-ring (bicyclic) bond motifs is 4. The van der Waals surface area contributed by atoms with Crippen molar-refractivity contribution in [2.24, 2.45) is 0 Å². The second kappa shape index (κ2) is 5.80. The van der Waals surface area contributed by atoms with Crippen LogP contribution >= 0.6 is 0 Å². The summed E-state index contributed by atoms with van der Waals surface area (Å²) in [5.41, 5.74) is 4.71. The summed E-state index contributed by atoms with van der Waals surface area (Å²) in [6.07, 6.45) is 8.24. The molecule has 0 aromatic heterocycles. The molecule has 2 N–H and O–H groups in total.